The molecule has 4 nitrogen and oxygen atoms in total. The van der Waals surface area contributed by atoms with Gasteiger partial charge in [-0.2, -0.15) is 0 Å². The lowest BCUT2D eigenvalue weighted by Gasteiger charge is -1.97. The molecule has 0 unspecified atom stereocenters. The van der Waals surface area contributed by atoms with Crippen LogP contribution in [0.1, 0.15) is 0 Å². The summed E-state index contributed by atoms with van der Waals surface area (Å²) in [6.45, 7) is 0.751. The minimum Gasteiger partial charge on any atom is -0.399 e. The van der Waals surface area contributed by atoms with Crippen molar-refractivity contribution in [3.8, 4) is 0 Å². The first-order valence-corrected chi connectivity index (χ1v) is 4.05. The van der Waals surface area contributed by atoms with E-state index in [0.717, 1.165) is 12.2 Å². The molecule has 1 aromatic carbocycles. The highest BCUT2D eigenvalue weighted by Crippen LogP contribution is 2.15. The van der Waals surface area contributed by atoms with Crippen LogP contribution in [0, 0.1) is 0 Å². The lowest BCUT2D eigenvalue weighted by atomic mass is 10.3. The van der Waals surface area contributed by atoms with Crippen LogP contribution >= 0.6 is 0 Å². The highest BCUT2D eigenvalue weighted by molar-refractivity contribution is 5.95. The summed E-state index contributed by atoms with van der Waals surface area (Å²) in [6, 6.07) is 7.39. The number of aliphatic imine (C=N–C) groups is 2. The van der Waals surface area contributed by atoms with Crippen LogP contribution < -0.4 is 11.1 Å². The van der Waals surface area contributed by atoms with E-state index in [0.29, 0.717) is 11.6 Å². The van der Waals surface area contributed by atoms with Crippen LogP contribution in [0.4, 0.5) is 11.4 Å². The number of anilines is 1. The number of nitrogen functional groups attached to an aromatic ring is 1. The molecule has 0 aromatic heterocycles. The average molecular weight is 174 g/mol. The summed E-state index contributed by atoms with van der Waals surface area (Å²) < 4.78 is 0. The van der Waals surface area contributed by atoms with Gasteiger partial charge in [-0.1, -0.05) is 6.07 Å². The maximum Gasteiger partial charge on any atom is 0.223 e. The van der Waals surface area contributed by atoms with Gasteiger partial charge in [0.15, 0.2) is 0 Å². The van der Waals surface area contributed by atoms with Crippen molar-refractivity contribution in [2.75, 3.05) is 12.3 Å². The first-order chi connectivity index (χ1) is 6.34. The Morgan fingerprint density at radius 3 is 3.08 bits per heavy atom. The Balaban J connectivity index is 2.26. The van der Waals surface area contributed by atoms with Crippen LogP contribution in [0.2, 0.25) is 0 Å². The molecule has 1 heterocycles. The highest BCUT2D eigenvalue weighted by Gasteiger charge is 2.00. The SMILES string of the molecule is Nc1cccc(N=C2N=CCN2)c1. The Kier molecular flexibility index (Phi) is 1.96. The highest BCUT2D eigenvalue weighted by atomic mass is 15.2. The number of nitrogens with two attached hydrogens (primary N) is 1. The molecular weight excluding hydrogens is 164 g/mol. The quantitative estimate of drug-likeness (QED) is 0.622. The van der Waals surface area contributed by atoms with Crippen LogP contribution in [-0.4, -0.2) is 18.7 Å². The third-order valence-electron chi connectivity index (χ3n) is 1.67. The van der Waals surface area contributed by atoms with E-state index in [1.165, 1.54) is 0 Å². The topological polar surface area (TPSA) is 62.8 Å². The third-order valence-corrected chi connectivity index (χ3v) is 1.67. The van der Waals surface area contributed by atoms with Crippen molar-refractivity contribution >= 4 is 23.5 Å². The number of rotatable bonds is 1. The van der Waals surface area contributed by atoms with Crippen molar-refractivity contribution in [2.24, 2.45) is 9.98 Å². The number of hydrogen-bond donors (Lipinski definition) is 2. The summed E-state index contributed by atoms with van der Waals surface area (Å²) in [5, 5.41) is 3.01. The minimum absolute atomic E-state index is 0.644. The molecule has 0 atom stereocenters. The molecule has 0 saturated heterocycles. The summed E-state index contributed by atoms with van der Waals surface area (Å²) in [6.07, 6.45) is 1.78. The number of benzene rings is 1. The monoisotopic (exact) mass is 174 g/mol. The van der Waals surface area contributed by atoms with Crippen molar-refractivity contribution in [2.45, 2.75) is 0 Å². The molecule has 13 heavy (non-hydrogen) atoms. The standard InChI is InChI=1S/C9H10N4/c10-7-2-1-3-8(6-7)13-9-11-4-5-12-9/h1-4,6H,5,10H2,(H,12,13). The van der Waals surface area contributed by atoms with E-state index in [1.807, 2.05) is 24.3 Å². The molecule has 3 N–H and O–H groups in total. The zero-order valence-corrected chi connectivity index (χ0v) is 7.07. The van der Waals surface area contributed by atoms with Crippen molar-refractivity contribution in [1.82, 2.24) is 5.32 Å². The minimum atomic E-state index is 0.644. The van der Waals surface area contributed by atoms with Gasteiger partial charge in [0.2, 0.25) is 5.96 Å². The molecule has 66 valence electrons. The van der Waals surface area contributed by atoms with E-state index in [2.05, 4.69) is 15.3 Å². The zero-order valence-electron chi connectivity index (χ0n) is 7.07. The van der Waals surface area contributed by atoms with Gasteiger partial charge in [0, 0.05) is 11.9 Å². The van der Waals surface area contributed by atoms with Gasteiger partial charge in [0.1, 0.15) is 0 Å². The molecule has 0 radical (unpaired) electrons. The van der Waals surface area contributed by atoms with E-state index in [-0.39, 0.29) is 0 Å². The van der Waals surface area contributed by atoms with E-state index >= 15 is 0 Å². The van der Waals surface area contributed by atoms with Crippen molar-refractivity contribution < 1.29 is 0 Å². The van der Waals surface area contributed by atoms with Gasteiger partial charge in [-0.05, 0) is 18.2 Å². The molecule has 0 bridgehead atoms. The maximum atomic E-state index is 5.60. The smallest absolute Gasteiger partial charge is 0.223 e. The Morgan fingerprint density at radius 2 is 2.38 bits per heavy atom. The first kappa shape index (κ1) is 7.79. The second-order valence-electron chi connectivity index (χ2n) is 2.72. The fourth-order valence-corrected chi connectivity index (χ4v) is 1.10. The molecule has 4 heteroatoms. The summed E-state index contributed by atoms with van der Waals surface area (Å²) in [7, 11) is 0. The Morgan fingerprint density at radius 1 is 1.46 bits per heavy atom. The van der Waals surface area contributed by atoms with Gasteiger partial charge in [-0.3, -0.25) is 0 Å². The van der Waals surface area contributed by atoms with Gasteiger partial charge >= 0.3 is 0 Å². The number of hydrogen-bond acceptors (Lipinski definition) is 2. The Labute approximate surface area is 76.2 Å². The fraction of sp³-hybridized carbons (Fsp3) is 0.111. The van der Waals surface area contributed by atoms with E-state index < -0.39 is 0 Å². The van der Waals surface area contributed by atoms with E-state index in [4.69, 9.17) is 5.73 Å². The second kappa shape index (κ2) is 3.26. The molecule has 0 aliphatic carbocycles. The van der Waals surface area contributed by atoms with E-state index in [9.17, 15) is 0 Å². The Hall–Kier alpha value is -1.84. The van der Waals surface area contributed by atoms with Crippen LogP contribution in [-0.2, 0) is 0 Å². The summed E-state index contributed by atoms with van der Waals surface area (Å²) in [5.74, 6) is 0.644. The van der Waals surface area contributed by atoms with Gasteiger partial charge in [-0.15, -0.1) is 0 Å². The maximum absolute atomic E-state index is 5.60. The third kappa shape index (κ3) is 1.84. The zero-order chi connectivity index (χ0) is 9.10. The number of nitrogens with one attached hydrogen (secondary N) is 1. The molecule has 1 aromatic rings. The van der Waals surface area contributed by atoms with Gasteiger partial charge in [0.05, 0.1) is 12.2 Å². The molecular formula is C9H10N4. The largest absolute Gasteiger partial charge is 0.399 e. The van der Waals surface area contributed by atoms with Crippen LogP contribution in [0.15, 0.2) is 34.3 Å². The summed E-state index contributed by atoms with van der Waals surface area (Å²) >= 11 is 0. The second-order valence-corrected chi connectivity index (χ2v) is 2.72. The molecule has 1 aliphatic heterocycles. The van der Waals surface area contributed by atoms with Gasteiger partial charge in [-0.25, -0.2) is 9.98 Å². The van der Waals surface area contributed by atoms with Crippen molar-refractivity contribution in [1.29, 1.82) is 0 Å². The number of guanidine groups is 1. The fourth-order valence-electron chi connectivity index (χ4n) is 1.10. The van der Waals surface area contributed by atoms with Crippen LogP contribution in [0.25, 0.3) is 0 Å². The predicted octanol–water partition coefficient (Wildman–Crippen LogP) is 0.930. The van der Waals surface area contributed by atoms with Crippen LogP contribution in [0.3, 0.4) is 0 Å². The molecule has 0 spiro atoms. The van der Waals surface area contributed by atoms with Gasteiger partial charge < -0.3 is 11.1 Å². The van der Waals surface area contributed by atoms with E-state index in [1.54, 1.807) is 6.21 Å². The lowest BCUT2D eigenvalue weighted by Crippen LogP contribution is -2.15. The Bertz CT molecular complexity index is 368. The molecule has 1 aliphatic rings. The average Bonchev–Trinajstić information content (AvgIpc) is 2.57. The summed E-state index contributed by atoms with van der Waals surface area (Å²) in [4.78, 5) is 8.28. The first-order valence-electron chi connectivity index (χ1n) is 4.05. The predicted molar refractivity (Wildman–Crippen MR) is 54.4 cm³/mol. The van der Waals surface area contributed by atoms with Crippen molar-refractivity contribution in [3.05, 3.63) is 24.3 Å². The van der Waals surface area contributed by atoms with Crippen LogP contribution in [0.5, 0.6) is 0 Å². The molecule has 0 amide bonds. The molecule has 0 fully saturated rings. The van der Waals surface area contributed by atoms with Gasteiger partial charge in [0.25, 0.3) is 0 Å². The lowest BCUT2D eigenvalue weighted by molar-refractivity contribution is 1.11. The molecule has 0 saturated carbocycles. The van der Waals surface area contributed by atoms with Crippen molar-refractivity contribution in [3.63, 3.8) is 0 Å². The normalized spacial score (nSPS) is 17.7. The molecule has 2 rings (SSSR count). The number of nitrogens with zero attached hydrogens (tertiary/aromatic N) is 2. The summed E-state index contributed by atoms with van der Waals surface area (Å²) in [5.41, 5.74) is 7.14.